The van der Waals surface area contributed by atoms with E-state index in [1.165, 1.54) is 29.3 Å². The van der Waals surface area contributed by atoms with Crippen molar-refractivity contribution in [2.45, 2.75) is 12.8 Å². The highest BCUT2D eigenvalue weighted by molar-refractivity contribution is 6.09. The summed E-state index contributed by atoms with van der Waals surface area (Å²) >= 11 is 0. The predicted octanol–water partition coefficient (Wildman–Crippen LogP) is 8.79. The summed E-state index contributed by atoms with van der Waals surface area (Å²) in [6.07, 6.45) is 4.41. The van der Waals surface area contributed by atoms with Gasteiger partial charge in [0.1, 0.15) is 17.3 Å². The van der Waals surface area contributed by atoms with E-state index in [0.29, 0.717) is 0 Å². The molecule has 1 aliphatic rings. The summed E-state index contributed by atoms with van der Waals surface area (Å²) in [7, 11) is 0. The lowest BCUT2D eigenvalue weighted by atomic mass is 10.1. The number of para-hydroxylation sites is 2. The maximum Gasteiger partial charge on any atom is 0.139 e. The Balaban J connectivity index is 1.19. The zero-order chi connectivity index (χ0) is 27.2. The number of hydrogen-bond donors (Lipinski definition) is 0. The summed E-state index contributed by atoms with van der Waals surface area (Å²) in [5.41, 5.74) is 6.36. The minimum atomic E-state index is 0.772. The standard InChI is InChI=1S/C36H28N4O/c1-3-12-32-25(8-1)14-17-33(38-32)26-9-7-10-28(22-26)41-29-15-16-31-30-11-2-4-13-34(30)40(35(31)24-29)36-23-27(18-19-37-36)39-20-5-6-21-39/h1-4,7-19,22-24H,5-6,20-21H2. The molecule has 0 N–H and O–H groups in total. The highest BCUT2D eigenvalue weighted by atomic mass is 16.5. The molecule has 0 spiro atoms. The fraction of sp³-hybridized carbons (Fsp3) is 0.111. The maximum absolute atomic E-state index is 6.46. The number of rotatable bonds is 5. The van der Waals surface area contributed by atoms with E-state index in [9.17, 15) is 0 Å². The van der Waals surface area contributed by atoms with Crippen LogP contribution < -0.4 is 9.64 Å². The van der Waals surface area contributed by atoms with Crippen molar-refractivity contribution in [3.63, 3.8) is 0 Å². The van der Waals surface area contributed by atoms with Crippen LogP contribution in [0, 0.1) is 0 Å². The highest BCUT2D eigenvalue weighted by Crippen LogP contribution is 2.36. The molecule has 4 aromatic carbocycles. The van der Waals surface area contributed by atoms with E-state index >= 15 is 0 Å². The molecular weight excluding hydrogens is 504 g/mol. The SMILES string of the molecule is c1cc(Oc2ccc3c4ccccc4n(-c4cc(N5CCCC5)ccn4)c3c2)cc(-c2ccc3ccccc3n2)c1. The van der Waals surface area contributed by atoms with Crippen molar-refractivity contribution in [3.05, 3.63) is 121 Å². The molecule has 0 bridgehead atoms. The van der Waals surface area contributed by atoms with Crippen molar-refractivity contribution in [2.24, 2.45) is 0 Å². The van der Waals surface area contributed by atoms with Gasteiger partial charge in [0.2, 0.25) is 0 Å². The van der Waals surface area contributed by atoms with Crippen LogP contribution in [0.1, 0.15) is 12.8 Å². The van der Waals surface area contributed by atoms with Gasteiger partial charge in [0, 0.05) is 58.8 Å². The van der Waals surface area contributed by atoms with E-state index < -0.39 is 0 Å². The Morgan fingerprint density at radius 3 is 2.41 bits per heavy atom. The van der Waals surface area contributed by atoms with Crippen molar-refractivity contribution in [1.29, 1.82) is 0 Å². The number of hydrogen-bond acceptors (Lipinski definition) is 4. The fourth-order valence-corrected chi connectivity index (χ4v) is 6.04. The number of ether oxygens (including phenoxy) is 1. The molecule has 7 aromatic rings. The molecule has 0 amide bonds. The van der Waals surface area contributed by atoms with Gasteiger partial charge in [0.25, 0.3) is 0 Å². The normalized spacial score (nSPS) is 13.4. The Kier molecular flexibility index (Phi) is 5.66. The van der Waals surface area contributed by atoms with E-state index in [-0.39, 0.29) is 0 Å². The van der Waals surface area contributed by atoms with Crippen LogP contribution in [0.5, 0.6) is 11.5 Å². The molecule has 8 rings (SSSR count). The number of pyridine rings is 2. The first-order chi connectivity index (χ1) is 20.3. The molecule has 1 fully saturated rings. The first kappa shape index (κ1) is 23.7. The van der Waals surface area contributed by atoms with Crippen LogP contribution >= 0.6 is 0 Å². The number of benzene rings is 4. The minimum absolute atomic E-state index is 0.772. The van der Waals surface area contributed by atoms with E-state index in [1.807, 2.05) is 42.6 Å². The molecule has 0 aliphatic carbocycles. The summed E-state index contributed by atoms with van der Waals surface area (Å²) in [5, 5.41) is 3.51. The van der Waals surface area contributed by atoms with Crippen LogP contribution in [0.25, 0.3) is 49.8 Å². The molecule has 0 unspecified atom stereocenters. The second-order valence-electron chi connectivity index (χ2n) is 10.6. The van der Waals surface area contributed by atoms with Gasteiger partial charge in [0.05, 0.1) is 22.2 Å². The molecule has 41 heavy (non-hydrogen) atoms. The molecule has 4 heterocycles. The zero-order valence-electron chi connectivity index (χ0n) is 22.6. The Bertz CT molecular complexity index is 2060. The molecule has 1 saturated heterocycles. The van der Waals surface area contributed by atoms with E-state index in [1.54, 1.807) is 0 Å². The average Bonchev–Trinajstić information content (AvgIpc) is 3.68. The third-order valence-electron chi connectivity index (χ3n) is 8.04. The summed E-state index contributed by atoms with van der Waals surface area (Å²) in [6.45, 7) is 2.20. The van der Waals surface area contributed by atoms with Gasteiger partial charge in [0.15, 0.2) is 0 Å². The molecule has 198 valence electrons. The van der Waals surface area contributed by atoms with E-state index in [4.69, 9.17) is 14.7 Å². The second kappa shape index (κ2) is 9.79. The van der Waals surface area contributed by atoms with Crippen LogP contribution in [0.15, 0.2) is 121 Å². The molecular formula is C36H28N4O. The maximum atomic E-state index is 6.46. The largest absolute Gasteiger partial charge is 0.457 e. The van der Waals surface area contributed by atoms with Gasteiger partial charge in [-0.2, -0.15) is 0 Å². The van der Waals surface area contributed by atoms with Crippen LogP contribution in [-0.2, 0) is 0 Å². The Hall–Kier alpha value is -5.16. The minimum Gasteiger partial charge on any atom is -0.457 e. The van der Waals surface area contributed by atoms with Crippen LogP contribution in [0.2, 0.25) is 0 Å². The van der Waals surface area contributed by atoms with Crippen molar-refractivity contribution in [1.82, 2.24) is 14.5 Å². The molecule has 5 nitrogen and oxygen atoms in total. The first-order valence-electron chi connectivity index (χ1n) is 14.2. The van der Waals surface area contributed by atoms with Crippen LogP contribution in [-0.4, -0.2) is 27.6 Å². The number of nitrogens with zero attached hydrogens (tertiary/aromatic N) is 4. The fourth-order valence-electron chi connectivity index (χ4n) is 6.04. The monoisotopic (exact) mass is 532 g/mol. The summed E-state index contributed by atoms with van der Waals surface area (Å²) in [4.78, 5) is 12.1. The zero-order valence-corrected chi connectivity index (χ0v) is 22.6. The molecule has 1 aliphatic heterocycles. The topological polar surface area (TPSA) is 43.2 Å². The van der Waals surface area contributed by atoms with Gasteiger partial charge in [-0.3, -0.25) is 4.57 Å². The first-order valence-corrected chi connectivity index (χ1v) is 14.2. The Morgan fingerprint density at radius 1 is 0.634 bits per heavy atom. The van der Waals surface area contributed by atoms with Gasteiger partial charge in [-0.1, -0.05) is 54.6 Å². The number of anilines is 1. The van der Waals surface area contributed by atoms with Crippen molar-refractivity contribution < 1.29 is 4.74 Å². The van der Waals surface area contributed by atoms with E-state index in [2.05, 4.69) is 88.3 Å². The van der Waals surface area contributed by atoms with Gasteiger partial charge < -0.3 is 9.64 Å². The Morgan fingerprint density at radius 2 is 1.46 bits per heavy atom. The van der Waals surface area contributed by atoms with Crippen LogP contribution in [0.4, 0.5) is 5.69 Å². The van der Waals surface area contributed by atoms with Gasteiger partial charge in [-0.25, -0.2) is 9.97 Å². The highest BCUT2D eigenvalue weighted by Gasteiger charge is 2.17. The molecule has 0 saturated carbocycles. The molecule has 0 radical (unpaired) electrons. The van der Waals surface area contributed by atoms with Crippen molar-refractivity contribution in [2.75, 3.05) is 18.0 Å². The lowest BCUT2D eigenvalue weighted by Crippen LogP contribution is -2.17. The second-order valence-corrected chi connectivity index (χ2v) is 10.6. The quantitative estimate of drug-likeness (QED) is 0.222. The van der Waals surface area contributed by atoms with Crippen molar-refractivity contribution in [3.8, 4) is 28.6 Å². The van der Waals surface area contributed by atoms with Gasteiger partial charge >= 0.3 is 0 Å². The third-order valence-corrected chi connectivity index (χ3v) is 8.04. The summed E-state index contributed by atoms with van der Waals surface area (Å²) in [5.74, 6) is 2.47. The molecule has 0 atom stereocenters. The smallest absolute Gasteiger partial charge is 0.139 e. The number of fused-ring (bicyclic) bond motifs is 4. The third kappa shape index (κ3) is 4.27. The lowest BCUT2D eigenvalue weighted by Gasteiger charge is -2.18. The van der Waals surface area contributed by atoms with Crippen LogP contribution in [0.3, 0.4) is 0 Å². The number of aromatic nitrogens is 3. The van der Waals surface area contributed by atoms with Gasteiger partial charge in [-0.15, -0.1) is 0 Å². The molecule has 5 heteroatoms. The molecule has 3 aromatic heterocycles. The average molecular weight is 533 g/mol. The predicted molar refractivity (Wildman–Crippen MR) is 167 cm³/mol. The lowest BCUT2D eigenvalue weighted by molar-refractivity contribution is 0.483. The summed E-state index contributed by atoms with van der Waals surface area (Å²) in [6, 6.07) is 39.7. The van der Waals surface area contributed by atoms with E-state index in [0.717, 1.165) is 63.6 Å². The summed E-state index contributed by atoms with van der Waals surface area (Å²) < 4.78 is 8.71. The van der Waals surface area contributed by atoms with Crippen molar-refractivity contribution >= 4 is 38.4 Å². The Labute approximate surface area is 238 Å². The van der Waals surface area contributed by atoms with Gasteiger partial charge in [-0.05, 0) is 61.4 Å².